The topological polar surface area (TPSA) is 62.5 Å². The van der Waals surface area contributed by atoms with E-state index in [1.807, 2.05) is 35.8 Å². The molecule has 0 aliphatic rings. The van der Waals surface area contributed by atoms with Crippen LogP contribution in [0, 0.1) is 6.92 Å². The zero-order valence-corrected chi connectivity index (χ0v) is 11.5. The maximum Gasteiger partial charge on any atom is 0.306 e. The molecule has 0 saturated heterocycles. The number of aliphatic carboxylic acids is 1. The van der Waals surface area contributed by atoms with E-state index < -0.39 is 12.1 Å². The number of carbonyl (C=O) groups is 1. The molecular weight excluding hydrogens is 298 g/mol. The van der Waals surface area contributed by atoms with E-state index in [4.69, 9.17) is 5.11 Å². The van der Waals surface area contributed by atoms with Gasteiger partial charge in [0.25, 0.3) is 0 Å². The van der Waals surface area contributed by atoms with E-state index >= 15 is 0 Å². The summed E-state index contributed by atoms with van der Waals surface area (Å²) >= 11 is 3.52. The largest absolute Gasteiger partial charge is 0.481 e. The van der Waals surface area contributed by atoms with Crippen molar-refractivity contribution in [2.75, 3.05) is 0 Å². The summed E-state index contributed by atoms with van der Waals surface area (Å²) in [6.45, 7) is 2.22. The van der Waals surface area contributed by atoms with Crippen molar-refractivity contribution in [1.82, 2.24) is 4.57 Å². The number of aliphatic hydroxyl groups is 1. The van der Waals surface area contributed by atoms with Crippen molar-refractivity contribution in [3.05, 3.63) is 34.4 Å². The molecule has 2 N–H and O–H groups in total. The fourth-order valence-corrected chi connectivity index (χ4v) is 2.65. The van der Waals surface area contributed by atoms with Crippen LogP contribution in [0.5, 0.6) is 0 Å². The first-order valence-electron chi connectivity index (χ1n) is 5.64. The summed E-state index contributed by atoms with van der Waals surface area (Å²) in [4.78, 5) is 10.6. The fourth-order valence-electron chi connectivity index (χ4n) is 2.10. The molecule has 96 valence electrons. The molecular formula is C13H14BrNO3. The average molecular weight is 312 g/mol. The summed E-state index contributed by atoms with van der Waals surface area (Å²) in [7, 11) is 0. The van der Waals surface area contributed by atoms with Crippen LogP contribution in [0.4, 0.5) is 0 Å². The van der Waals surface area contributed by atoms with Gasteiger partial charge in [0.05, 0.1) is 12.5 Å². The van der Waals surface area contributed by atoms with Gasteiger partial charge in [-0.25, -0.2) is 0 Å². The Morgan fingerprint density at radius 3 is 2.78 bits per heavy atom. The first kappa shape index (κ1) is 13.1. The van der Waals surface area contributed by atoms with Crippen molar-refractivity contribution in [3.8, 4) is 0 Å². The van der Waals surface area contributed by atoms with Gasteiger partial charge in [-0.2, -0.15) is 0 Å². The molecule has 5 heteroatoms. The van der Waals surface area contributed by atoms with Crippen molar-refractivity contribution in [1.29, 1.82) is 0 Å². The predicted molar refractivity (Wildman–Crippen MR) is 72.6 cm³/mol. The number of nitrogens with zero attached hydrogens (tertiary/aromatic N) is 1. The van der Waals surface area contributed by atoms with Crippen molar-refractivity contribution < 1.29 is 15.0 Å². The number of para-hydroxylation sites is 1. The van der Waals surface area contributed by atoms with E-state index in [2.05, 4.69) is 15.9 Å². The van der Waals surface area contributed by atoms with Gasteiger partial charge < -0.3 is 14.8 Å². The summed E-state index contributed by atoms with van der Waals surface area (Å²) in [5.41, 5.74) is 1.98. The minimum absolute atomic E-state index is 0.246. The number of hydrogen-bond donors (Lipinski definition) is 2. The van der Waals surface area contributed by atoms with Gasteiger partial charge in [-0.15, -0.1) is 0 Å². The number of fused-ring (bicyclic) bond motifs is 1. The standard InChI is InChI=1S/C13H14BrNO3/c1-8-13(14)10-4-2-3-5-11(10)15(8)7-9(16)6-12(17)18/h2-5,9,16H,6-7H2,1H3,(H,17,18). The molecule has 0 aliphatic carbocycles. The molecule has 0 radical (unpaired) electrons. The summed E-state index contributed by atoms with van der Waals surface area (Å²) in [5, 5.41) is 19.5. The van der Waals surface area contributed by atoms with Crippen molar-refractivity contribution in [2.24, 2.45) is 0 Å². The van der Waals surface area contributed by atoms with E-state index in [-0.39, 0.29) is 13.0 Å². The minimum Gasteiger partial charge on any atom is -0.481 e. The Morgan fingerprint density at radius 1 is 1.44 bits per heavy atom. The molecule has 1 aromatic heterocycles. The lowest BCUT2D eigenvalue weighted by molar-refractivity contribution is -0.139. The highest BCUT2D eigenvalue weighted by Crippen LogP contribution is 2.30. The third-order valence-corrected chi connectivity index (χ3v) is 3.96. The zero-order chi connectivity index (χ0) is 13.3. The molecule has 0 saturated carbocycles. The fraction of sp³-hybridized carbons (Fsp3) is 0.308. The highest BCUT2D eigenvalue weighted by molar-refractivity contribution is 9.10. The second-order valence-corrected chi connectivity index (χ2v) is 5.07. The molecule has 0 amide bonds. The van der Waals surface area contributed by atoms with Crippen LogP contribution in [0.15, 0.2) is 28.7 Å². The van der Waals surface area contributed by atoms with Gasteiger partial charge >= 0.3 is 5.97 Å². The highest BCUT2D eigenvalue weighted by Gasteiger charge is 2.16. The van der Waals surface area contributed by atoms with E-state index in [0.717, 1.165) is 21.1 Å². The molecule has 1 aromatic carbocycles. The smallest absolute Gasteiger partial charge is 0.306 e. The van der Waals surface area contributed by atoms with Crippen LogP contribution in [0.3, 0.4) is 0 Å². The number of benzene rings is 1. The molecule has 18 heavy (non-hydrogen) atoms. The quantitative estimate of drug-likeness (QED) is 0.912. The Morgan fingerprint density at radius 2 is 2.11 bits per heavy atom. The van der Waals surface area contributed by atoms with Crippen LogP contribution in [0.2, 0.25) is 0 Å². The highest BCUT2D eigenvalue weighted by atomic mass is 79.9. The SMILES string of the molecule is Cc1c(Br)c2ccccc2n1CC(O)CC(=O)O. The molecule has 0 fully saturated rings. The Balaban J connectivity index is 2.38. The molecule has 2 rings (SSSR count). The van der Waals surface area contributed by atoms with Crippen molar-refractivity contribution in [2.45, 2.75) is 26.0 Å². The third kappa shape index (κ3) is 2.42. The van der Waals surface area contributed by atoms with Crippen LogP contribution in [-0.4, -0.2) is 26.9 Å². The van der Waals surface area contributed by atoms with Gasteiger partial charge in [0.1, 0.15) is 0 Å². The van der Waals surface area contributed by atoms with Crippen LogP contribution in [-0.2, 0) is 11.3 Å². The van der Waals surface area contributed by atoms with E-state index in [1.165, 1.54) is 0 Å². The number of aliphatic hydroxyl groups excluding tert-OH is 1. The van der Waals surface area contributed by atoms with Gasteiger partial charge in [-0.1, -0.05) is 18.2 Å². The second-order valence-electron chi connectivity index (χ2n) is 4.28. The van der Waals surface area contributed by atoms with Gasteiger partial charge in [0.2, 0.25) is 0 Å². The first-order chi connectivity index (χ1) is 8.50. The number of carboxylic acid groups (broad SMARTS) is 1. The third-order valence-electron chi connectivity index (χ3n) is 2.96. The van der Waals surface area contributed by atoms with E-state index in [1.54, 1.807) is 0 Å². The van der Waals surface area contributed by atoms with Gasteiger partial charge in [0.15, 0.2) is 0 Å². The maximum absolute atomic E-state index is 10.6. The number of halogens is 1. The lowest BCUT2D eigenvalue weighted by Crippen LogP contribution is -2.20. The van der Waals surface area contributed by atoms with Crippen LogP contribution in [0.1, 0.15) is 12.1 Å². The van der Waals surface area contributed by atoms with E-state index in [0.29, 0.717) is 0 Å². The lowest BCUT2D eigenvalue weighted by Gasteiger charge is -2.12. The molecule has 4 nitrogen and oxygen atoms in total. The van der Waals surface area contributed by atoms with Gasteiger partial charge in [-0.3, -0.25) is 4.79 Å². The molecule has 0 aliphatic heterocycles. The Kier molecular flexibility index (Phi) is 3.73. The normalized spacial score (nSPS) is 12.8. The first-order valence-corrected chi connectivity index (χ1v) is 6.43. The molecule has 1 unspecified atom stereocenters. The van der Waals surface area contributed by atoms with Crippen molar-refractivity contribution >= 4 is 32.8 Å². The number of aromatic nitrogens is 1. The Bertz CT molecular complexity index is 591. The molecule has 2 aromatic rings. The molecule has 1 atom stereocenters. The number of hydrogen-bond acceptors (Lipinski definition) is 2. The summed E-state index contributed by atoms with van der Waals surface area (Å²) < 4.78 is 2.92. The van der Waals surface area contributed by atoms with E-state index in [9.17, 15) is 9.90 Å². The van der Waals surface area contributed by atoms with Crippen LogP contribution < -0.4 is 0 Å². The van der Waals surface area contributed by atoms with Crippen LogP contribution in [0.25, 0.3) is 10.9 Å². The summed E-state index contributed by atoms with van der Waals surface area (Å²) in [6.07, 6.45) is -1.13. The summed E-state index contributed by atoms with van der Waals surface area (Å²) in [6, 6.07) is 7.83. The average Bonchev–Trinajstić information content (AvgIpc) is 2.54. The maximum atomic E-state index is 10.6. The minimum atomic E-state index is -0.990. The number of rotatable bonds is 4. The van der Waals surface area contributed by atoms with Crippen LogP contribution >= 0.6 is 15.9 Å². The Labute approximate surface area is 113 Å². The van der Waals surface area contributed by atoms with Gasteiger partial charge in [-0.05, 0) is 28.9 Å². The second kappa shape index (κ2) is 5.12. The Hall–Kier alpha value is -1.33. The monoisotopic (exact) mass is 311 g/mol. The van der Waals surface area contributed by atoms with Crippen molar-refractivity contribution in [3.63, 3.8) is 0 Å². The predicted octanol–water partition coefficient (Wildman–Crippen LogP) is 2.55. The van der Waals surface area contributed by atoms with Gasteiger partial charge in [0, 0.05) is 27.6 Å². The molecule has 0 bridgehead atoms. The molecule has 0 spiro atoms. The number of carboxylic acids is 1. The summed E-state index contributed by atoms with van der Waals surface area (Å²) in [5.74, 6) is -0.990. The zero-order valence-electron chi connectivity index (χ0n) is 9.93. The molecule has 1 heterocycles. The lowest BCUT2D eigenvalue weighted by atomic mass is 10.2.